The average molecular weight is 351 g/mol. The number of amides is 1. The van der Waals surface area contributed by atoms with Crippen LogP contribution in [-0.2, 0) is 11.3 Å². The molecule has 1 aliphatic rings. The molecule has 0 unspecified atom stereocenters. The van der Waals surface area contributed by atoms with Gasteiger partial charge in [-0.3, -0.25) is 14.2 Å². The van der Waals surface area contributed by atoms with Crippen LogP contribution in [0.15, 0.2) is 21.4 Å². The van der Waals surface area contributed by atoms with E-state index in [2.05, 4.69) is 18.8 Å². The monoisotopic (exact) mass is 351 g/mol. The van der Waals surface area contributed by atoms with Crippen molar-refractivity contribution >= 4 is 39.2 Å². The van der Waals surface area contributed by atoms with Crippen LogP contribution >= 0.6 is 23.1 Å². The maximum Gasteiger partial charge on any atom is 0.272 e. The minimum atomic E-state index is -0.110. The topological polar surface area (TPSA) is 55.2 Å². The lowest BCUT2D eigenvalue weighted by molar-refractivity contribution is -0.134. The Bertz CT molecular complexity index is 773. The maximum atomic E-state index is 12.7. The van der Waals surface area contributed by atoms with Crippen LogP contribution in [0.5, 0.6) is 0 Å². The fourth-order valence-electron chi connectivity index (χ4n) is 3.32. The van der Waals surface area contributed by atoms with Crippen molar-refractivity contribution in [1.82, 2.24) is 14.5 Å². The number of aromatic nitrogens is 2. The van der Waals surface area contributed by atoms with Gasteiger partial charge in [-0.05, 0) is 36.0 Å². The van der Waals surface area contributed by atoms with E-state index >= 15 is 0 Å². The second kappa shape index (κ2) is 6.65. The number of thiophene rings is 1. The molecule has 23 heavy (non-hydrogen) atoms. The van der Waals surface area contributed by atoms with E-state index in [1.54, 1.807) is 0 Å². The van der Waals surface area contributed by atoms with E-state index in [9.17, 15) is 9.59 Å². The Morgan fingerprint density at radius 2 is 2.09 bits per heavy atom. The summed E-state index contributed by atoms with van der Waals surface area (Å²) < 4.78 is 2.14. The van der Waals surface area contributed by atoms with Gasteiger partial charge in [-0.1, -0.05) is 25.6 Å². The first-order valence-electron chi connectivity index (χ1n) is 7.79. The molecule has 0 N–H and O–H groups in total. The van der Waals surface area contributed by atoms with Gasteiger partial charge in [0, 0.05) is 13.1 Å². The van der Waals surface area contributed by atoms with Gasteiger partial charge < -0.3 is 4.90 Å². The Hall–Kier alpha value is -1.34. The molecule has 3 heterocycles. The van der Waals surface area contributed by atoms with E-state index in [0.717, 1.165) is 19.5 Å². The molecule has 0 aromatic carbocycles. The van der Waals surface area contributed by atoms with Crippen LogP contribution in [0.2, 0.25) is 0 Å². The predicted octanol–water partition coefficient (Wildman–Crippen LogP) is 2.68. The third-order valence-corrected chi connectivity index (χ3v) is 5.80. The number of fused-ring (bicyclic) bond motifs is 1. The van der Waals surface area contributed by atoms with Crippen molar-refractivity contribution in [1.29, 1.82) is 0 Å². The van der Waals surface area contributed by atoms with Gasteiger partial charge in [-0.15, -0.1) is 11.3 Å². The fraction of sp³-hybridized carbons (Fsp3) is 0.562. The molecule has 0 saturated carbocycles. The third-order valence-electron chi connectivity index (χ3n) is 4.23. The van der Waals surface area contributed by atoms with Gasteiger partial charge >= 0.3 is 0 Å². The van der Waals surface area contributed by atoms with Crippen LogP contribution in [0.1, 0.15) is 20.3 Å². The van der Waals surface area contributed by atoms with E-state index in [1.165, 1.54) is 27.7 Å². The highest BCUT2D eigenvalue weighted by Gasteiger charge is 2.26. The minimum Gasteiger partial charge on any atom is -0.341 e. The second-order valence-electron chi connectivity index (χ2n) is 6.37. The number of likely N-dealkylation sites (tertiary alicyclic amines) is 1. The SMILES string of the molecule is CSc1nc2ccsc2c(=O)n1CC(=O)N1C[C@@H](C)C[C@H](C)C1. The Morgan fingerprint density at radius 3 is 2.74 bits per heavy atom. The van der Waals surface area contributed by atoms with Gasteiger partial charge in [0.2, 0.25) is 5.91 Å². The Balaban J connectivity index is 1.90. The molecule has 2 aromatic rings. The van der Waals surface area contributed by atoms with Crippen LogP contribution in [0.25, 0.3) is 10.2 Å². The summed E-state index contributed by atoms with van der Waals surface area (Å²) in [6.45, 7) is 5.99. The number of nitrogens with zero attached hydrogens (tertiary/aromatic N) is 3. The number of hydrogen-bond donors (Lipinski definition) is 0. The van der Waals surface area contributed by atoms with Gasteiger partial charge in [0.1, 0.15) is 11.2 Å². The van der Waals surface area contributed by atoms with E-state index in [-0.39, 0.29) is 18.0 Å². The zero-order valence-corrected chi connectivity index (χ0v) is 15.2. The molecule has 3 rings (SSSR count). The Morgan fingerprint density at radius 1 is 1.39 bits per heavy atom. The summed E-state index contributed by atoms with van der Waals surface area (Å²) in [5, 5.41) is 2.47. The molecule has 1 amide bonds. The maximum absolute atomic E-state index is 12.7. The van der Waals surface area contributed by atoms with Crippen molar-refractivity contribution in [2.24, 2.45) is 11.8 Å². The number of carbonyl (C=O) groups is 1. The zero-order valence-electron chi connectivity index (χ0n) is 13.6. The van der Waals surface area contributed by atoms with Crippen LogP contribution in [-0.4, -0.2) is 39.7 Å². The van der Waals surface area contributed by atoms with Gasteiger partial charge in [-0.2, -0.15) is 0 Å². The molecule has 7 heteroatoms. The molecule has 0 spiro atoms. The quantitative estimate of drug-likeness (QED) is 0.630. The van der Waals surface area contributed by atoms with E-state index in [4.69, 9.17) is 0 Å². The molecule has 0 aliphatic carbocycles. The standard InChI is InChI=1S/C16H21N3O2S2/c1-10-6-11(2)8-18(7-10)13(20)9-19-15(21)14-12(4-5-23-14)17-16(19)22-3/h4-5,10-11H,6-9H2,1-3H3/t10-,11-/m0/s1. The highest BCUT2D eigenvalue weighted by atomic mass is 32.2. The Kier molecular flexibility index (Phi) is 4.77. The fourth-order valence-corrected chi connectivity index (χ4v) is 4.66. The lowest BCUT2D eigenvalue weighted by Gasteiger charge is -2.35. The summed E-state index contributed by atoms with van der Waals surface area (Å²) in [5.74, 6) is 1.04. The molecule has 2 aromatic heterocycles. The van der Waals surface area contributed by atoms with E-state index in [1.807, 2.05) is 22.6 Å². The molecule has 124 valence electrons. The smallest absolute Gasteiger partial charge is 0.272 e. The first-order chi connectivity index (χ1) is 11.0. The summed E-state index contributed by atoms with van der Waals surface area (Å²) in [6.07, 6.45) is 3.04. The highest BCUT2D eigenvalue weighted by Crippen LogP contribution is 2.22. The van der Waals surface area contributed by atoms with Gasteiger partial charge in [0.25, 0.3) is 5.56 Å². The van der Waals surface area contributed by atoms with Crippen molar-refractivity contribution < 1.29 is 4.79 Å². The van der Waals surface area contributed by atoms with Crippen molar-refractivity contribution in [3.63, 3.8) is 0 Å². The number of hydrogen-bond acceptors (Lipinski definition) is 5. The van der Waals surface area contributed by atoms with E-state index in [0.29, 0.717) is 27.2 Å². The van der Waals surface area contributed by atoms with Crippen LogP contribution in [0.4, 0.5) is 0 Å². The Labute approximate surface area is 143 Å². The lowest BCUT2D eigenvalue weighted by atomic mass is 9.92. The number of carbonyl (C=O) groups excluding carboxylic acids is 1. The summed E-state index contributed by atoms with van der Waals surface area (Å²) in [7, 11) is 0. The van der Waals surface area contributed by atoms with Gasteiger partial charge in [-0.25, -0.2) is 4.98 Å². The first kappa shape index (κ1) is 16.5. The van der Waals surface area contributed by atoms with Crippen LogP contribution in [0.3, 0.4) is 0 Å². The van der Waals surface area contributed by atoms with Gasteiger partial charge in [0.15, 0.2) is 5.16 Å². The summed E-state index contributed by atoms with van der Waals surface area (Å²) in [4.78, 5) is 31.8. The zero-order chi connectivity index (χ0) is 16.6. The van der Waals surface area contributed by atoms with Crippen LogP contribution in [0, 0.1) is 11.8 Å². The molecular formula is C16H21N3O2S2. The van der Waals surface area contributed by atoms with Crippen molar-refractivity contribution in [2.75, 3.05) is 19.3 Å². The molecule has 0 bridgehead atoms. The normalized spacial score (nSPS) is 21.8. The van der Waals surface area contributed by atoms with Crippen LogP contribution < -0.4 is 5.56 Å². The number of piperidine rings is 1. The van der Waals surface area contributed by atoms with Gasteiger partial charge in [0.05, 0.1) is 5.52 Å². The summed E-state index contributed by atoms with van der Waals surface area (Å²) in [5.41, 5.74) is 0.606. The second-order valence-corrected chi connectivity index (χ2v) is 8.06. The third kappa shape index (κ3) is 3.30. The van der Waals surface area contributed by atoms with Crippen molar-refractivity contribution in [3.8, 4) is 0 Å². The minimum absolute atomic E-state index is 0.0125. The predicted molar refractivity (Wildman–Crippen MR) is 95.2 cm³/mol. The molecule has 0 radical (unpaired) electrons. The number of thioether (sulfide) groups is 1. The molecule has 1 aliphatic heterocycles. The summed E-state index contributed by atoms with van der Waals surface area (Å²) in [6, 6.07) is 1.85. The first-order valence-corrected chi connectivity index (χ1v) is 9.89. The molecule has 1 fully saturated rings. The summed E-state index contributed by atoms with van der Waals surface area (Å²) >= 11 is 2.78. The largest absolute Gasteiger partial charge is 0.341 e. The van der Waals surface area contributed by atoms with Crippen molar-refractivity contribution in [3.05, 3.63) is 21.8 Å². The average Bonchev–Trinajstić information content (AvgIpc) is 2.97. The molecule has 5 nitrogen and oxygen atoms in total. The molecule has 2 atom stereocenters. The van der Waals surface area contributed by atoms with Crippen molar-refractivity contribution in [2.45, 2.75) is 32.0 Å². The highest BCUT2D eigenvalue weighted by molar-refractivity contribution is 7.98. The molecular weight excluding hydrogens is 330 g/mol. The lowest BCUT2D eigenvalue weighted by Crippen LogP contribution is -2.45. The number of rotatable bonds is 3. The molecule has 1 saturated heterocycles. The van der Waals surface area contributed by atoms with E-state index < -0.39 is 0 Å².